The molecule has 0 aromatic heterocycles. The maximum Gasteiger partial charge on any atom is 0.380 e. The lowest BCUT2D eigenvalue weighted by Gasteiger charge is -2.01. The highest BCUT2D eigenvalue weighted by molar-refractivity contribution is 5.73. The van der Waals surface area contributed by atoms with Crippen LogP contribution in [0.15, 0.2) is 0 Å². The minimum Gasteiger partial charge on any atom is -0.384 e. The Labute approximate surface area is 89.3 Å². The molecule has 0 aromatic rings. The molecule has 0 fully saturated rings. The summed E-state index contributed by atoms with van der Waals surface area (Å²) in [6, 6.07) is 0. The molecule has 0 spiro atoms. The van der Waals surface area contributed by atoms with Crippen molar-refractivity contribution in [3.05, 3.63) is 0 Å². The van der Waals surface area contributed by atoms with Crippen LogP contribution in [-0.2, 0) is 19.4 Å². The van der Waals surface area contributed by atoms with Gasteiger partial charge in [-0.3, -0.25) is 0 Å². The minimum absolute atomic E-state index is 0.239. The first-order valence-corrected chi connectivity index (χ1v) is 5.21. The van der Waals surface area contributed by atoms with Crippen LogP contribution < -0.4 is 0 Å². The second-order valence-corrected chi connectivity index (χ2v) is 3.23. The molecule has 0 aliphatic carbocycles. The highest BCUT2D eigenvalue weighted by Crippen LogP contribution is 2.05. The number of hydrogen-bond acceptors (Lipinski definition) is 5. The van der Waals surface area contributed by atoms with Gasteiger partial charge in [-0.2, -0.15) is 0 Å². The lowest BCUT2D eigenvalue weighted by Crippen LogP contribution is -2.13. The van der Waals surface area contributed by atoms with E-state index in [-0.39, 0.29) is 6.42 Å². The molecule has 15 heavy (non-hydrogen) atoms. The van der Waals surface area contributed by atoms with Crippen LogP contribution in [0.25, 0.3) is 0 Å². The summed E-state index contributed by atoms with van der Waals surface area (Å²) in [4.78, 5) is 29.4. The first-order chi connectivity index (χ1) is 7.20. The number of aliphatic hydroxyl groups is 1. The van der Waals surface area contributed by atoms with Gasteiger partial charge in [0.25, 0.3) is 0 Å². The van der Waals surface area contributed by atoms with Gasteiger partial charge >= 0.3 is 11.9 Å². The van der Waals surface area contributed by atoms with Crippen molar-refractivity contribution in [3.8, 4) is 0 Å². The quantitative estimate of drug-likeness (QED) is 0.396. The molecule has 0 aliphatic rings. The smallest absolute Gasteiger partial charge is 0.380 e. The number of carbonyl (C=O) groups is 2. The fourth-order valence-corrected chi connectivity index (χ4v) is 1.03. The molecular weight excluding hydrogens is 200 g/mol. The average molecular weight is 218 g/mol. The summed E-state index contributed by atoms with van der Waals surface area (Å²) in [7, 11) is 0. The fourth-order valence-electron chi connectivity index (χ4n) is 1.03. The van der Waals surface area contributed by atoms with Gasteiger partial charge in [-0.15, -0.1) is 0 Å². The summed E-state index contributed by atoms with van der Waals surface area (Å²) in [5.74, 6) is -1.54. The Kier molecular flexibility index (Phi) is 8.76. The Morgan fingerprint density at radius 1 is 1.00 bits per heavy atom. The molecule has 0 aromatic carbocycles. The van der Waals surface area contributed by atoms with Gasteiger partial charge in [0.1, 0.15) is 6.61 Å². The zero-order valence-corrected chi connectivity index (χ0v) is 9.03. The summed E-state index contributed by atoms with van der Waals surface area (Å²) in [5, 5.41) is 8.26. The van der Waals surface area contributed by atoms with E-state index in [1.165, 1.54) is 0 Å². The van der Waals surface area contributed by atoms with E-state index in [0.29, 0.717) is 0 Å². The van der Waals surface area contributed by atoms with Crippen LogP contribution in [0.5, 0.6) is 0 Å². The van der Waals surface area contributed by atoms with Gasteiger partial charge < -0.3 is 5.11 Å². The summed E-state index contributed by atoms with van der Waals surface area (Å²) in [6.07, 6.45) is 5.35. The molecule has 0 atom stereocenters. The van der Waals surface area contributed by atoms with E-state index >= 15 is 0 Å². The second kappa shape index (κ2) is 9.45. The zero-order valence-electron chi connectivity index (χ0n) is 9.03. The number of unbranched alkanes of at least 4 members (excludes halogenated alkanes) is 4. The lowest BCUT2D eigenvalue weighted by atomic mass is 10.1. The molecule has 0 amide bonds. The van der Waals surface area contributed by atoms with Gasteiger partial charge in [-0.25, -0.2) is 19.4 Å². The third kappa shape index (κ3) is 9.21. The normalized spacial score (nSPS) is 9.73. The summed E-state index contributed by atoms with van der Waals surface area (Å²) in [5.41, 5.74) is 0. The van der Waals surface area contributed by atoms with Crippen molar-refractivity contribution in [3.63, 3.8) is 0 Å². The van der Waals surface area contributed by atoms with E-state index in [2.05, 4.69) is 16.7 Å². The van der Waals surface area contributed by atoms with E-state index in [9.17, 15) is 9.59 Å². The lowest BCUT2D eigenvalue weighted by molar-refractivity contribution is -0.260. The Balaban J connectivity index is 3.30. The Bertz CT molecular complexity index is 190. The van der Waals surface area contributed by atoms with Crippen LogP contribution in [0.2, 0.25) is 0 Å². The topological polar surface area (TPSA) is 72.8 Å². The van der Waals surface area contributed by atoms with E-state index in [0.717, 1.165) is 32.1 Å². The summed E-state index contributed by atoms with van der Waals surface area (Å²) >= 11 is 0. The van der Waals surface area contributed by atoms with E-state index in [1.807, 2.05) is 0 Å². The predicted molar refractivity (Wildman–Crippen MR) is 52.6 cm³/mol. The Morgan fingerprint density at radius 3 is 2.20 bits per heavy atom. The number of aliphatic hydroxyl groups excluding tert-OH is 1. The van der Waals surface area contributed by atoms with Gasteiger partial charge in [0.15, 0.2) is 0 Å². The first kappa shape index (κ1) is 13.9. The number of rotatable bonds is 7. The van der Waals surface area contributed by atoms with Crippen LogP contribution in [0, 0.1) is 0 Å². The van der Waals surface area contributed by atoms with Gasteiger partial charge in [0, 0.05) is 0 Å². The highest BCUT2D eigenvalue weighted by Gasteiger charge is 2.07. The molecule has 0 heterocycles. The zero-order chi connectivity index (χ0) is 11.5. The molecule has 0 saturated heterocycles. The van der Waals surface area contributed by atoms with Crippen LogP contribution in [0.1, 0.15) is 45.4 Å². The largest absolute Gasteiger partial charge is 0.384 e. The van der Waals surface area contributed by atoms with Crippen molar-refractivity contribution in [1.29, 1.82) is 0 Å². The van der Waals surface area contributed by atoms with Crippen molar-refractivity contribution < 1.29 is 24.5 Å². The maximum atomic E-state index is 10.9. The third-order valence-electron chi connectivity index (χ3n) is 1.84. The second-order valence-electron chi connectivity index (χ2n) is 3.23. The first-order valence-electron chi connectivity index (χ1n) is 5.21. The molecule has 0 aliphatic heterocycles. The van der Waals surface area contributed by atoms with Crippen LogP contribution in [0.3, 0.4) is 0 Å². The molecule has 0 rings (SSSR count). The van der Waals surface area contributed by atoms with Crippen molar-refractivity contribution in [1.82, 2.24) is 0 Å². The van der Waals surface area contributed by atoms with Gasteiger partial charge in [-0.05, 0) is 6.42 Å². The minimum atomic E-state index is -0.964. The monoisotopic (exact) mass is 218 g/mol. The van der Waals surface area contributed by atoms with Gasteiger partial charge in [0.2, 0.25) is 0 Å². The average Bonchev–Trinajstić information content (AvgIpc) is 2.25. The standard InChI is InChI=1S/C10H18O5/c1-2-3-4-5-6-7-9(12)14-15-10(13)8-11/h11H,2-8H2,1H3. The molecule has 0 saturated carbocycles. The van der Waals surface area contributed by atoms with Crippen LogP contribution in [-0.4, -0.2) is 23.7 Å². The van der Waals surface area contributed by atoms with Crippen molar-refractivity contribution >= 4 is 11.9 Å². The maximum absolute atomic E-state index is 10.9. The van der Waals surface area contributed by atoms with Crippen LogP contribution >= 0.6 is 0 Å². The van der Waals surface area contributed by atoms with Crippen molar-refractivity contribution in [2.45, 2.75) is 45.4 Å². The predicted octanol–water partition coefficient (Wildman–Crippen LogP) is 1.34. The Hall–Kier alpha value is -1.10. The van der Waals surface area contributed by atoms with E-state index in [4.69, 9.17) is 5.11 Å². The molecular formula is C10H18O5. The molecule has 5 heteroatoms. The Morgan fingerprint density at radius 2 is 1.60 bits per heavy atom. The molecule has 0 radical (unpaired) electrons. The SMILES string of the molecule is CCCCCCCC(=O)OOC(=O)CO. The number of hydrogen-bond donors (Lipinski definition) is 1. The molecule has 5 nitrogen and oxygen atoms in total. The third-order valence-corrected chi connectivity index (χ3v) is 1.84. The van der Waals surface area contributed by atoms with E-state index < -0.39 is 18.5 Å². The van der Waals surface area contributed by atoms with Gasteiger partial charge in [-0.1, -0.05) is 32.6 Å². The van der Waals surface area contributed by atoms with Gasteiger partial charge in [0.05, 0.1) is 6.42 Å². The molecule has 1 N–H and O–H groups in total. The molecule has 88 valence electrons. The fraction of sp³-hybridized carbons (Fsp3) is 0.800. The van der Waals surface area contributed by atoms with Crippen molar-refractivity contribution in [2.75, 3.05) is 6.61 Å². The molecule has 0 bridgehead atoms. The summed E-state index contributed by atoms with van der Waals surface area (Å²) < 4.78 is 0. The summed E-state index contributed by atoms with van der Waals surface area (Å²) in [6.45, 7) is 1.33. The molecule has 0 unspecified atom stereocenters. The van der Waals surface area contributed by atoms with Crippen molar-refractivity contribution in [2.24, 2.45) is 0 Å². The highest BCUT2D eigenvalue weighted by atomic mass is 17.2. The van der Waals surface area contributed by atoms with Crippen LogP contribution in [0.4, 0.5) is 0 Å². The number of carbonyl (C=O) groups excluding carboxylic acids is 2. The van der Waals surface area contributed by atoms with E-state index in [1.54, 1.807) is 0 Å².